The molecule has 2 aromatic rings. The Morgan fingerprint density at radius 3 is 2.93 bits per heavy atom. The van der Waals surface area contributed by atoms with Gasteiger partial charge in [-0.1, -0.05) is 5.10 Å². The Morgan fingerprint density at radius 2 is 2.36 bits per heavy atom. The normalized spacial score (nSPS) is 10.4. The van der Waals surface area contributed by atoms with E-state index in [1.807, 2.05) is 5.38 Å². The zero-order valence-corrected chi connectivity index (χ0v) is 9.85. The van der Waals surface area contributed by atoms with E-state index >= 15 is 0 Å². The van der Waals surface area contributed by atoms with Gasteiger partial charge in [0.15, 0.2) is 0 Å². The minimum Gasteiger partial charge on any atom is -0.408 e. The first kappa shape index (κ1) is 9.67. The topological polar surface area (TPSA) is 51.0 Å². The standard InChI is InChI=1S/C8H8BrN3OS/c1-5-11-12-8(13-5)10-2-6-3-14-4-7(6)9/h3-4H,2H2,1H3,(H,10,12). The lowest BCUT2D eigenvalue weighted by Gasteiger charge is -1.98. The lowest BCUT2D eigenvalue weighted by molar-refractivity contribution is 0.530. The van der Waals surface area contributed by atoms with Crippen molar-refractivity contribution in [3.8, 4) is 0 Å². The molecule has 0 saturated carbocycles. The maximum Gasteiger partial charge on any atom is 0.315 e. The second kappa shape index (κ2) is 4.10. The van der Waals surface area contributed by atoms with Gasteiger partial charge >= 0.3 is 6.01 Å². The van der Waals surface area contributed by atoms with Crippen LogP contribution in [-0.4, -0.2) is 10.2 Å². The molecular formula is C8H8BrN3OS. The minimum atomic E-state index is 0.459. The average molecular weight is 274 g/mol. The summed E-state index contributed by atoms with van der Waals surface area (Å²) in [5, 5.41) is 14.7. The van der Waals surface area contributed by atoms with E-state index in [0.29, 0.717) is 18.5 Å². The van der Waals surface area contributed by atoms with E-state index in [0.717, 1.165) is 4.47 Å². The molecule has 2 rings (SSSR count). The van der Waals surface area contributed by atoms with Crippen molar-refractivity contribution in [2.45, 2.75) is 13.5 Å². The van der Waals surface area contributed by atoms with Gasteiger partial charge in [-0.3, -0.25) is 0 Å². The monoisotopic (exact) mass is 273 g/mol. The van der Waals surface area contributed by atoms with Gasteiger partial charge in [0, 0.05) is 23.3 Å². The van der Waals surface area contributed by atoms with E-state index in [2.05, 4.69) is 36.8 Å². The quantitative estimate of drug-likeness (QED) is 0.935. The number of nitrogens with zero attached hydrogens (tertiary/aromatic N) is 2. The number of aryl methyl sites for hydroxylation is 1. The van der Waals surface area contributed by atoms with Crippen molar-refractivity contribution < 1.29 is 4.42 Å². The largest absolute Gasteiger partial charge is 0.408 e. The van der Waals surface area contributed by atoms with E-state index in [1.165, 1.54) is 5.56 Å². The molecule has 74 valence electrons. The fraction of sp³-hybridized carbons (Fsp3) is 0.250. The van der Waals surface area contributed by atoms with Crippen LogP contribution in [0, 0.1) is 6.92 Å². The zero-order chi connectivity index (χ0) is 9.97. The number of halogens is 1. The molecule has 0 aliphatic heterocycles. The Labute approximate surface area is 93.5 Å². The van der Waals surface area contributed by atoms with Gasteiger partial charge in [-0.05, 0) is 26.9 Å². The number of nitrogens with one attached hydrogen (secondary N) is 1. The molecule has 0 unspecified atom stereocenters. The van der Waals surface area contributed by atoms with E-state index in [1.54, 1.807) is 18.3 Å². The Balaban J connectivity index is 1.98. The van der Waals surface area contributed by atoms with Crippen LogP contribution in [0.3, 0.4) is 0 Å². The molecule has 0 aliphatic rings. The number of aromatic nitrogens is 2. The summed E-state index contributed by atoms with van der Waals surface area (Å²) in [6.45, 7) is 2.45. The molecule has 0 amide bonds. The molecule has 14 heavy (non-hydrogen) atoms. The third-order valence-corrected chi connectivity index (χ3v) is 3.48. The maximum absolute atomic E-state index is 5.18. The van der Waals surface area contributed by atoms with Crippen LogP contribution < -0.4 is 5.32 Å². The third-order valence-electron chi connectivity index (χ3n) is 1.64. The summed E-state index contributed by atoms with van der Waals surface area (Å²) in [6, 6.07) is 0.459. The first-order valence-electron chi connectivity index (χ1n) is 4.00. The highest BCUT2D eigenvalue weighted by Gasteiger charge is 2.03. The third kappa shape index (κ3) is 2.13. The van der Waals surface area contributed by atoms with Crippen LogP contribution in [0.25, 0.3) is 0 Å². The lowest BCUT2D eigenvalue weighted by atomic mass is 10.3. The van der Waals surface area contributed by atoms with Crippen molar-refractivity contribution >= 4 is 33.3 Å². The summed E-state index contributed by atoms with van der Waals surface area (Å²) >= 11 is 5.10. The summed E-state index contributed by atoms with van der Waals surface area (Å²) in [4.78, 5) is 0. The molecule has 2 heterocycles. The summed E-state index contributed by atoms with van der Waals surface area (Å²) in [7, 11) is 0. The highest BCUT2D eigenvalue weighted by molar-refractivity contribution is 9.10. The number of hydrogen-bond acceptors (Lipinski definition) is 5. The van der Waals surface area contributed by atoms with Crippen LogP contribution in [0.5, 0.6) is 0 Å². The highest BCUT2D eigenvalue weighted by atomic mass is 79.9. The Morgan fingerprint density at radius 1 is 1.50 bits per heavy atom. The fourth-order valence-corrected chi connectivity index (χ4v) is 2.42. The molecule has 1 N–H and O–H groups in total. The maximum atomic E-state index is 5.18. The van der Waals surface area contributed by atoms with Crippen molar-refractivity contribution in [1.29, 1.82) is 0 Å². The summed E-state index contributed by atoms with van der Waals surface area (Å²) in [6.07, 6.45) is 0. The van der Waals surface area contributed by atoms with Gasteiger partial charge in [0.05, 0.1) is 0 Å². The fourth-order valence-electron chi connectivity index (χ4n) is 0.973. The van der Waals surface area contributed by atoms with E-state index in [4.69, 9.17) is 4.42 Å². The highest BCUT2D eigenvalue weighted by Crippen LogP contribution is 2.21. The van der Waals surface area contributed by atoms with Crippen LogP contribution in [0.15, 0.2) is 19.6 Å². The van der Waals surface area contributed by atoms with Crippen LogP contribution in [0.1, 0.15) is 11.5 Å². The van der Waals surface area contributed by atoms with Gasteiger partial charge in [-0.25, -0.2) is 0 Å². The first-order chi connectivity index (χ1) is 6.75. The summed E-state index contributed by atoms with van der Waals surface area (Å²) in [5.41, 5.74) is 1.19. The molecule has 4 nitrogen and oxygen atoms in total. The molecule has 0 fully saturated rings. The molecule has 0 saturated heterocycles. The van der Waals surface area contributed by atoms with Crippen molar-refractivity contribution in [1.82, 2.24) is 10.2 Å². The molecule has 2 aromatic heterocycles. The van der Waals surface area contributed by atoms with E-state index in [-0.39, 0.29) is 0 Å². The van der Waals surface area contributed by atoms with Crippen LogP contribution >= 0.6 is 27.3 Å². The summed E-state index contributed by atoms with van der Waals surface area (Å²) < 4.78 is 6.28. The Kier molecular flexibility index (Phi) is 2.83. The molecular weight excluding hydrogens is 266 g/mol. The molecule has 0 bridgehead atoms. The second-order valence-electron chi connectivity index (χ2n) is 2.72. The molecule has 0 spiro atoms. The lowest BCUT2D eigenvalue weighted by Crippen LogP contribution is -1.98. The average Bonchev–Trinajstić information content (AvgIpc) is 2.72. The first-order valence-corrected chi connectivity index (χ1v) is 5.74. The van der Waals surface area contributed by atoms with Gasteiger partial charge < -0.3 is 9.73 Å². The van der Waals surface area contributed by atoms with Gasteiger partial charge in [0.25, 0.3) is 0 Å². The SMILES string of the molecule is Cc1nnc(NCc2cscc2Br)o1. The number of hydrogen-bond donors (Lipinski definition) is 1. The van der Waals surface area contributed by atoms with Crippen molar-refractivity contribution in [2.24, 2.45) is 0 Å². The molecule has 0 aliphatic carbocycles. The Bertz CT molecular complexity index is 426. The van der Waals surface area contributed by atoms with Crippen LogP contribution in [-0.2, 0) is 6.54 Å². The second-order valence-corrected chi connectivity index (χ2v) is 4.32. The molecule has 0 radical (unpaired) electrons. The molecule has 0 aromatic carbocycles. The van der Waals surface area contributed by atoms with Crippen molar-refractivity contribution in [3.05, 3.63) is 26.7 Å². The predicted octanol–water partition coefficient (Wildman–Crippen LogP) is 2.81. The van der Waals surface area contributed by atoms with Gasteiger partial charge in [0.2, 0.25) is 5.89 Å². The van der Waals surface area contributed by atoms with Gasteiger partial charge in [0.1, 0.15) is 0 Å². The van der Waals surface area contributed by atoms with Gasteiger partial charge in [-0.2, -0.15) is 11.3 Å². The number of thiophene rings is 1. The number of rotatable bonds is 3. The smallest absolute Gasteiger partial charge is 0.315 e. The predicted molar refractivity (Wildman–Crippen MR) is 58.4 cm³/mol. The van der Waals surface area contributed by atoms with E-state index < -0.39 is 0 Å². The minimum absolute atomic E-state index is 0.459. The zero-order valence-electron chi connectivity index (χ0n) is 7.45. The molecule has 0 atom stereocenters. The van der Waals surface area contributed by atoms with Crippen molar-refractivity contribution in [2.75, 3.05) is 5.32 Å². The van der Waals surface area contributed by atoms with E-state index in [9.17, 15) is 0 Å². The van der Waals surface area contributed by atoms with Gasteiger partial charge in [-0.15, -0.1) is 5.10 Å². The van der Waals surface area contributed by atoms with Crippen LogP contribution in [0.2, 0.25) is 0 Å². The number of anilines is 1. The molecule has 6 heteroatoms. The van der Waals surface area contributed by atoms with Crippen molar-refractivity contribution in [3.63, 3.8) is 0 Å². The Hall–Kier alpha value is -0.880. The summed E-state index contributed by atoms with van der Waals surface area (Å²) in [5.74, 6) is 0.567. The van der Waals surface area contributed by atoms with Crippen LogP contribution in [0.4, 0.5) is 6.01 Å².